The molecule has 2 aromatic heterocycles. The molecule has 0 aliphatic carbocycles. The molecule has 5 aliphatic heterocycles. The Morgan fingerprint density at radius 3 is 2.50 bits per heavy atom. The normalized spacial score (nSPS) is 21.5. The van der Waals surface area contributed by atoms with E-state index in [9.17, 15) is 37.1 Å². The number of aliphatic hydroxyl groups excluding tert-OH is 1. The molecule has 1 spiro atoms. The van der Waals surface area contributed by atoms with E-state index in [1.165, 1.54) is 11.1 Å². The van der Waals surface area contributed by atoms with Gasteiger partial charge in [0.05, 0.1) is 17.4 Å². The van der Waals surface area contributed by atoms with Crippen molar-refractivity contribution in [3.63, 3.8) is 0 Å². The molecule has 7 heterocycles. The van der Waals surface area contributed by atoms with Crippen LogP contribution in [0.15, 0.2) is 73.1 Å². The van der Waals surface area contributed by atoms with E-state index in [1.807, 2.05) is 41.1 Å². The number of carbonyl (C=O) groups is 4. The predicted octanol–water partition coefficient (Wildman–Crippen LogP) is 3.93. The number of ketones is 1. The largest absolute Gasteiger partial charge is 0.391 e. The highest BCUT2D eigenvalue weighted by Gasteiger charge is 2.52. The van der Waals surface area contributed by atoms with Gasteiger partial charge in [0, 0.05) is 104 Å². The first kappa shape index (κ1) is 41.8. The molecule has 4 fully saturated rings. The first-order chi connectivity index (χ1) is 30.6. The van der Waals surface area contributed by atoms with Gasteiger partial charge in [0.25, 0.3) is 5.91 Å². The Balaban J connectivity index is 0.737. The van der Waals surface area contributed by atoms with Crippen LogP contribution in [0, 0.1) is 17.0 Å². The number of carbonyl (C=O) groups excluding carboxylic acids is 4. The maximum absolute atomic E-state index is 15.7. The van der Waals surface area contributed by atoms with Crippen LogP contribution in [-0.4, -0.2) is 125 Å². The monoisotopic (exact) mass is 896 g/mol. The van der Waals surface area contributed by atoms with E-state index in [2.05, 4.69) is 25.1 Å². The first-order valence-corrected chi connectivity index (χ1v) is 22.5. The third kappa shape index (κ3) is 7.58. The van der Waals surface area contributed by atoms with Crippen molar-refractivity contribution in [2.24, 2.45) is 5.41 Å². The number of nitrogens with zero attached hydrogens (tertiary/aromatic N) is 5. The summed E-state index contributed by atoms with van der Waals surface area (Å²) in [5, 5.41) is 13.6. The summed E-state index contributed by atoms with van der Waals surface area (Å²) in [5.41, 5.74) is 3.53. The predicted molar refractivity (Wildman–Crippen MR) is 228 cm³/mol. The van der Waals surface area contributed by atoms with Gasteiger partial charge < -0.3 is 19.9 Å². The number of aromatic nitrogens is 2. The van der Waals surface area contributed by atoms with E-state index in [4.69, 9.17) is 0 Å². The third-order valence-electron chi connectivity index (χ3n) is 13.0. The van der Waals surface area contributed by atoms with Crippen molar-refractivity contribution in [3.05, 3.63) is 113 Å². The van der Waals surface area contributed by atoms with E-state index in [0.717, 1.165) is 65.0 Å². The van der Waals surface area contributed by atoms with Gasteiger partial charge in [0.2, 0.25) is 17.6 Å². The summed E-state index contributed by atoms with van der Waals surface area (Å²) in [6.07, 6.45) is 1.88. The van der Waals surface area contributed by atoms with Crippen LogP contribution in [0.3, 0.4) is 0 Å². The van der Waals surface area contributed by atoms with Crippen molar-refractivity contribution in [1.29, 1.82) is 0 Å². The van der Waals surface area contributed by atoms with Gasteiger partial charge >= 0.3 is 10.2 Å². The van der Waals surface area contributed by atoms with Crippen molar-refractivity contribution in [3.8, 4) is 11.1 Å². The lowest BCUT2D eigenvalue weighted by Crippen LogP contribution is -2.72. The van der Waals surface area contributed by atoms with Crippen molar-refractivity contribution in [2.75, 3.05) is 55.4 Å². The molecule has 64 heavy (non-hydrogen) atoms. The van der Waals surface area contributed by atoms with Crippen molar-refractivity contribution < 1.29 is 45.9 Å². The number of fused-ring (bicyclic) bond motifs is 2. The minimum atomic E-state index is -4.36. The second-order valence-corrected chi connectivity index (χ2v) is 19.3. The molecule has 4 N–H and O–H groups in total. The van der Waals surface area contributed by atoms with Crippen LogP contribution in [-0.2, 0) is 32.8 Å². The molecule has 0 bridgehead atoms. The standard InChI is InChI=1S/C45H43F3N8O7S/c46-29-11-12-55(19-29)64(62,63)52-36-8-7-35(47)39(40(36)48)41(59)34-17-50-42-33(34)15-27(16-49-42)26-2-4-30(5-3-26)54-23-45(24-54)21-53(22-45)20-31(57)14-25-1-6-32-28(13-25)18-56(44(32)61)37-9-10-38(58)51-43(37)60/h1-8,13,15-17,29,31,37,52,57H,9-12,14,18-24H2,(H,49,50)(H,51,58,60)/t29-,31+,37?/m1/s1. The van der Waals surface area contributed by atoms with E-state index >= 15 is 8.78 Å². The van der Waals surface area contributed by atoms with Gasteiger partial charge in [-0.1, -0.05) is 24.3 Å². The molecule has 15 nitrogen and oxygen atoms in total. The molecule has 1 unspecified atom stereocenters. The van der Waals surface area contributed by atoms with E-state index in [-0.39, 0.29) is 48.7 Å². The fraction of sp³-hybridized carbons (Fsp3) is 0.356. The Hall–Kier alpha value is -6.15. The second kappa shape index (κ2) is 15.8. The number of hydrogen-bond donors (Lipinski definition) is 4. The molecule has 0 saturated carbocycles. The van der Waals surface area contributed by atoms with Gasteiger partial charge in [-0.2, -0.15) is 12.7 Å². The van der Waals surface area contributed by atoms with Crippen LogP contribution >= 0.6 is 0 Å². The average molecular weight is 897 g/mol. The lowest BCUT2D eigenvalue weighted by atomic mass is 9.72. The molecule has 3 amide bonds. The first-order valence-electron chi connectivity index (χ1n) is 21.1. The van der Waals surface area contributed by atoms with Crippen molar-refractivity contribution >= 4 is 56.1 Å². The summed E-state index contributed by atoms with van der Waals surface area (Å²) in [6.45, 7) is 3.73. The fourth-order valence-electron chi connectivity index (χ4n) is 9.86. The Morgan fingerprint density at radius 2 is 1.77 bits per heavy atom. The van der Waals surface area contributed by atoms with E-state index in [0.29, 0.717) is 41.5 Å². The van der Waals surface area contributed by atoms with Crippen LogP contribution in [0.5, 0.6) is 0 Å². The van der Waals surface area contributed by atoms with Gasteiger partial charge in [0.15, 0.2) is 5.82 Å². The number of aromatic amines is 1. The number of H-pyrrole nitrogens is 1. The molecule has 5 aromatic rings. The molecule has 332 valence electrons. The third-order valence-corrected chi connectivity index (χ3v) is 14.5. The Kier molecular flexibility index (Phi) is 10.3. The lowest BCUT2D eigenvalue weighted by Gasteiger charge is -2.61. The second-order valence-electron chi connectivity index (χ2n) is 17.6. The molecule has 0 radical (unpaired) electrons. The van der Waals surface area contributed by atoms with Crippen LogP contribution < -0.4 is 14.9 Å². The van der Waals surface area contributed by atoms with Crippen molar-refractivity contribution in [1.82, 2.24) is 29.4 Å². The van der Waals surface area contributed by atoms with Gasteiger partial charge in [-0.25, -0.2) is 18.2 Å². The van der Waals surface area contributed by atoms with Crippen LogP contribution in [0.4, 0.5) is 24.5 Å². The van der Waals surface area contributed by atoms with Crippen LogP contribution in [0.2, 0.25) is 0 Å². The maximum atomic E-state index is 15.7. The number of halogens is 3. The SMILES string of the molecule is O=C1CCC(N2Cc3cc(C[C@H](O)CN4CC5(C4)CN(c4ccc(-c6cnc7[nH]cc(C(=O)c8c(F)ccc(NS(=O)(=O)N9CC[C@@H](F)C9)c8F)c7c6)cc4)C5)ccc3C2=O)C(=O)N1. The molecular formula is C45H43F3N8O7S. The number of β-amino-alcohol motifs (C(OH)–C–C–N with tert-alkyl or cyclic N) is 1. The summed E-state index contributed by atoms with van der Waals surface area (Å²) in [7, 11) is -4.36. The number of piperidine rings is 1. The van der Waals surface area contributed by atoms with Gasteiger partial charge in [-0.3, -0.25) is 34.1 Å². The molecule has 3 aromatic carbocycles. The number of alkyl halides is 1. The summed E-state index contributed by atoms with van der Waals surface area (Å²) in [6, 6.07) is 16.1. The number of nitrogens with one attached hydrogen (secondary N) is 3. The van der Waals surface area contributed by atoms with Crippen LogP contribution in [0.1, 0.15) is 56.7 Å². The highest BCUT2D eigenvalue weighted by Crippen LogP contribution is 2.42. The fourth-order valence-corrected chi connectivity index (χ4v) is 11.1. The topological polar surface area (TPSA) is 188 Å². The Morgan fingerprint density at radius 1 is 0.984 bits per heavy atom. The molecule has 5 aliphatic rings. The van der Waals surface area contributed by atoms with Gasteiger partial charge in [-0.15, -0.1) is 0 Å². The number of aliphatic hydroxyl groups is 1. The number of benzene rings is 3. The summed E-state index contributed by atoms with van der Waals surface area (Å²) in [5.74, 6) is -4.60. The zero-order valence-electron chi connectivity index (χ0n) is 34.3. The molecular weight excluding hydrogens is 854 g/mol. The zero-order valence-corrected chi connectivity index (χ0v) is 35.1. The minimum Gasteiger partial charge on any atom is -0.391 e. The maximum Gasteiger partial charge on any atom is 0.301 e. The summed E-state index contributed by atoms with van der Waals surface area (Å²) in [4.78, 5) is 64.1. The Bertz CT molecular complexity index is 2860. The number of pyridine rings is 1. The summed E-state index contributed by atoms with van der Waals surface area (Å²) < 4.78 is 73.0. The molecule has 3 atom stereocenters. The quantitative estimate of drug-likeness (QED) is 0.106. The van der Waals surface area contributed by atoms with Crippen LogP contribution in [0.25, 0.3) is 22.2 Å². The molecule has 10 rings (SSSR count). The lowest BCUT2D eigenvalue weighted by molar-refractivity contribution is -0.136. The highest BCUT2D eigenvalue weighted by molar-refractivity contribution is 7.90. The number of hydrogen-bond acceptors (Lipinski definition) is 10. The van der Waals surface area contributed by atoms with E-state index < -0.39 is 69.6 Å². The van der Waals surface area contributed by atoms with Crippen molar-refractivity contribution in [2.45, 2.75) is 50.5 Å². The number of amides is 3. The Labute approximate surface area is 365 Å². The number of anilines is 2. The minimum absolute atomic E-state index is 0.00351. The number of likely N-dealkylation sites (tertiary alicyclic amines) is 1. The molecule has 19 heteroatoms. The number of imide groups is 1. The highest BCUT2D eigenvalue weighted by atomic mass is 32.2. The molecule has 4 saturated heterocycles. The van der Waals surface area contributed by atoms with E-state index in [1.54, 1.807) is 18.3 Å². The average Bonchev–Trinajstić information content (AvgIpc) is 3.96. The zero-order chi connectivity index (χ0) is 44.7. The number of rotatable bonds is 12. The van der Waals surface area contributed by atoms with Gasteiger partial charge in [-0.05, 0) is 72.4 Å². The van der Waals surface area contributed by atoms with Gasteiger partial charge in [0.1, 0.15) is 23.7 Å². The summed E-state index contributed by atoms with van der Waals surface area (Å²) >= 11 is 0. The smallest absolute Gasteiger partial charge is 0.301 e.